The molecule has 0 fully saturated rings. The lowest BCUT2D eigenvalue weighted by Gasteiger charge is -2.17. The molecule has 0 amide bonds. The second kappa shape index (κ2) is 11.4. The number of rotatable bonds is 6. The Hall–Kier alpha value is -3.46. The van der Waals surface area contributed by atoms with Gasteiger partial charge in [-0.1, -0.05) is 24.3 Å². The molecule has 4 rings (SSSR count). The third-order valence-electron chi connectivity index (χ3n) is 4.64. The molecule has 0 aliphatic carbocycles. The molecule has 8 heteroatoms. The van der Waals surface area contributed by atoms with Gasteiger partial charge in [0, 0.05) is 23.3 Å². The highest BCUT2D eigenvalue weighted by molar-refractivity contribution is 5.38. The Morgan fingerprint density at radius 3 is 1.52 bits per heavy atom. The van der Waals surface area contributed by atoms with Crippen LogP contribution in [-0.4, -0.2) is 7.11 Å². The van der Waals surface area contributed by atoms with Gasteiger partial charge in [-0.15, -0.1) is 10.2 Å². The van der Waals surface area contributed by atoms with Crippen molar-refractivity contribution in [3.8, 4) is 17.2 Å². The molecule has 33 heavy (non-hydrogen) atoms. The lowest BCUT2D eigenvalue weighted by atomic mass is 9.98. The molecule has 0 saturated carbocycles. The van der Waals surface area contributed by atoms with Crippen LogP contribution in [0, 0.1) is 10.2 Å². The summed E-state index contributed by atoms with van der Waals surface area (Å²) in [6.07, 6.45) is 4.17. The van der Waals surface area contributed by atoms with Gasteiger partial charge in [0.2, 0.25) is 6.04 Å². The Morgan fingerprint density at radius 2 is 1.03 bits per heavy atom. The summed E-state index contributed by atoms with van der Waals surface area (Å²) in [6.45, 7) is 0. The quantitative estimate of drug-likeness (QED) is 0.385. The van der Waals surface area contributed by atoms with E-state index in [-0.39, 0.29) is 6.04 Å². The van der Waals surface area contributed by atoms with Crippen LogP contribution in [0.25, 0.3) is 0 Å². The number of pyridine rings is 1. The van der Waals surface area contributed by atoms with Gasteiger partial charge in [-0.3, -0.25) is 0 Å². The van der Waals surface area contributed by atoms with E-state index < -0.39 is 10.2 Å². The fourth-order valence-electron chi connectivity index (χ4n) is 3.25. The molecule has 0 aliphatic rings. The highest BCUT2D eigenvalue weighted by Crippen LogP contribution is 2.27. The molecule has 7 nitrogen and oxygen atoms in total. The summed E-state index contributed by atoms with van der Waals surface area (Å²) in [5.74, 6) is 2.51. The van der Waals surface area contributed by atoms with E-state index in [1.165, 1.54) is 11.1 Å². The lowest BCUT2D eigenvalue weighted by Crippen LogP contribution is -2.68. The fourth-order valence-corrected chi connectivity index (χ4v) is 3.25. The number of hydrogen-bond acceptors (Lipinski definition) is 6. The molecule has 0 saturated heterocycles. The van der Waals surface area contributed by atoms with E-state index in [1.54, 1.807) is 7.11 Å². The number of halogens is 1. The van der Waals surface area contributed by atoms with Crippen molar-refractivity contribution in [3.05, 3.63) is 121 Å². The second-order valence-corrected chi connectivity index (χ2v) is 7.62. The first-order valence-corrected chi connectivity index (χ1v) is 11.1. The van der Waals surface area contributed by atoms with E-state index >= 15 is 0 Å². The van der Waals surface area contributed by atoms with Crippen LogP contribution < -0.4 is 32.7 Å². The summed E-state index contributed by atoms with van der Waals surface area (Å²) in [7, 11) is -3.26. The minimum absolute atomic E-state index is 0.0675. The zero-order chi connectivity index (χ0) is 23.7. The van der Waals surface area contributed by atoms with Crippen LogP contribution in [0.4, 0.5) is 0 Å². The third-order valence-corrected chi connectivity index (χ3v) is 4.64. The Balaban J connectivity index is 0.000000555. The molecule has 0 aliphatic heterocycles. The molecule has 3 aromatic carbocycles. The SMILES string of the molecule is COc1ccc(C(c2ccc(Oc3ccccc3)cc2)[n+]2ccccc2)cc1.[O-][Cl+3]([O-])([O-])[O-]. The monoisotopic (exact) mass is 467 g/mol. The lowest BCUT2D eigenvalue weighted by molar-refractivity contribution is -2.00. The van der Waals surface area contributed by atoms with Crippen LogP contribution in [0.3, 0.4) is 0 Å². The molecular formula is C25H22ClNO6. The molecule has 0 bridgehead atoms. The van der Waals surface area contributed by atoms with Crippen LogP contribution in [0.15, 0.2) is 109 Å². The van der Waals surface area contributed by atoms with Crippen molar-refractivity contribution in [1.29, 1.82) is 0 Å². The van der Waals surface area contributed by atoms with Crippen molar-refractivity contribution in [1.82, 2.24) is 0 Å². The van der Waals surface area contributed by atoms with Crippen LogP contribution in [0.1, 0.15) is 17.2 Å². The van der Waals surface area contributed by atoms with Gasteiger partial charge in [0.1, 0.15) is 17.2 Å². The number of nitrogens with zero attached hydrogens (tertiary/aromatic N) is 1. The van der Waals surface area contributed by atoms with Gasteiger partial charge in [0.15, 0.2) is 12.4 Å². The van der Waals surface area contributed by atoms with Crippen molar-refractivity contribution in [3.63, 3.8) is 0 Å². The highest BCUT2D eigenvalue weighted by Gasteiger charge is 2.23. The molecular weight excluding hydrogens is 446 g/mol. The average Bonchev–Trinajstić information content (AvgIpc) is 2.81. The second-order valence-electron chi connectivity index (χ2n) is 6.86. The Kier molecular flexibility index (Phi) is 8.37. The largest absolute Gasteiger partial charge is 0.497 e. The van der Waals surface area contributed by atoms with E-state index in [0.717, 1.165) is 17.2 Å². The molecule has 0 radical (unpaired) electrons. The van der Waals surface area contributed by atoms with Crippen molar-refractivity contribution in [2.45, 2.75) is 6.04 Å². The molecule has 0 spiro atoms. The predicted octanol–water partition coefficient (Wildman–Crippen LogP) is 0.657. The van der Waals surface area contributed by atoms with Crippen molar-refractivity contribution < 1.29 is 42.9 Å². The number of aromatic nitrogens is 1. The number of para-hydroxylation sites is 1. The maximum atomic E-state index is 8.49. The highest BCUT2D eigenvalue weighted by atomic mass is 35.7. The normalized spacial score (nSPS) is 11.7. The van der Waals surface area contributed by atoms with E-state index in [0.29, 0.717) is 0 Å². The molecule has 1 atom stereocenters. The molecule has 1 heterocycles. The van der Waals surface area contributed by atoms with Gasteiger partial charge >= 0.3 is 0 Å². The number of hydrogen-bond donors (Lipinski definition) is 0. The minimum atomic E-state index is -4.94. The summed E-state index contributed by atoms with van der Waals surface area (Å²) in [6, 6.07) is 32.5. The van der Waals surface area contributed by atoms with Gasteiger partial charge < -0.3 is 9.47 Å². The van der Waals surface area contributed by atoms with Gasteiger partial charge in [0.05, 0.1) is 7.11 Å². The summed E-state index contributed by atoms with van der Waals surface area (Å²) in [5.41, 5.74) is 2.37. The number of benzene rings is 3. The van der Waals surface area contributed by atoms with Gasteiger partial charge in [-0.05, 0) is 60.7 Å². The summed E-state index contributed by atoms with van der Waals surface area (Å²) < 4.78 is 47.4. The van der Waals surface area contributed by atoms with Crippen LogP contribution in [-0.2, 0) is 0 Å². The maximum Gasteiger partial charge on any atom is 0.208 e. The van der Waals surface area contributed by atoms with E-state index in [2.05, 4.69) is 41.2 Å². The first-order valence-electron chi connectivity index (χ1n) is 9.88. The smallest absolute Gasteiger partial charge is 0.208 e. The maximum absolute atomic E-state index is 8.49. The summed E-state index contributed by atoms with van der Waals surface area (Å²) >= 11 is 0. The van der Waals surface area contributed by atoms with Gasteiger partial charge in [-0.25, -0.2) is 18.6 Å². The summed E-state index contributed by atoms with van der Waals surface area (Å²) in [4.78, 5) is 0. The third kappa shape index (κ3) is 7.87. The van der Waals surface area contributed by atoms with Gasteiger partial charge in [-0.2, -0.15) is 4.57 Å². The van der Waals surface area contributed by atoms with Crippen molar-refractivity contribution >= 4 is 0 Å². The molecule has 0 N–H and O–H groups in total. The molecule has 170 valence electrons. The van der Waals surface area contributed by atoms with Gasteiger partial charge in [0.25, 0.3) is 0 Å². The predicted molar refractivity (Wildman–Crippen MR) is 110 cm³/mol. The summed E-state index contributed by atoms with van der Waals surface area (Å²) in [5, 5.41) is 0. The number of methoxy groups -OCH3 is 1. The van der Waals surface area contributed by atoms with Crippen molar-refractivity contribution in [2.24, 2.45) is 0 Å². The average molecular weight is 468 g/mol. The molecule has 1 unspecified atom stereocenters. The molecule has 1 aromatic heterocycles. The topological polar surface area (TPSA) is 115 Å². The van der Waals surface area contributed by atoms with E-state index in [9.17, 15) is 0 Å². The van der Waals surface area contributed by atoms with E-state index in [1.807, 2.05) is 72.8 Å². The first kappa shape index (κ1) is 24.2. The Morgan fingerprint density at radius 1 is 0.606 bits per heavy atom. The number of ether oxygens (including phenoxy) is 2. The Labute approximate surface area is 194 Å². The zero-order valence-electron chi connectivity index (χ0n) is 17.7. The van der Waals surface area contributed by atoms with E-state index in [4.69, 9.17) is 28.1 Å². The standard InChI is InChI=1S/C25H22NO2.ClHO4/c1-27-22-14-10-20(11-15-22)25(26-18-6-3-7-19-26)21-12-16-24(17-13-21)28-23-8-4-2-5-9-23;2-1(3,4)5/h2-19,25H,1H3;(H,2,3,4,5)/q+1;/p-1. The fraction of sp³-hybridized carbons (Fsp3) is 0.0800. The molecule has 4 aromatic rings. The van der Waals surface area contributed by atoms with Crippen LogP contribution in [0.2, 0.25) is 0 Å². The van der Waals surface area contributed by atoms with Crippen LogP contribution in [0.5, 0.6) is 17.2 Å². The van der Waals surface area contributed by atoms with Crippen LogP contribution >= 0.6 is 0 Å². The Bertz CT molecular complexity index is 1100. The minimum Gasteiger partial charge on any atom is -0.497 e. The zero-order valence-corrected chi connectivity index (χ0v) is 18.5. The van der Waals surface area contributed by atoms with Crippen molar-refractivity contribution in [2.75, 3.05) is 7.11 Å². The first-order chi connectivity index (χ1) is 15.8.